The first kappa shape index (κ1) is 12.6. The number of carbonyl (C=O) groups is 2. The van der Waals surface area contributed by atoms with Crippen LogP contribution >= 0.6 is 0 Å². The van der Waals surface area contributed by atoms with Crippen molar-refractivity contribution in [3.05, 3.63) is 0 Å². The Morgan fingerprint density at radius 1 is 1.27 bits per heavy atom. The number of hydrogen-bond acceptors (Lipinski definition) is 3. The molecule has 0 aliphatic rings. The van der Waals surface area contributed by atoms with Crippen LogP contribution in [-0.4, -0.2) is 47.7 Å². The van der Waals surface area contributed by atoms with Crippen molar-refractivity contribution in [1.82, 2.24) is 4.90 Å². The molecule has 66 valence electrons. The van der Waals surface area contributed by atoms with E-state index in [1.807, 2.05) is 0 Å². The highest BCUT2D eigenvalue weighted by Gasteiger charge is 1.94. The molecule has 0 heterocycles. The third-order valence-electron chi connectivity index (χ3n) is 0.451. The van der Waals surface area contributed by atoms with Crippen LogP contribution in [0.4, 0.5) is 0 Å². The second-order valence-corrected chi connectivity index (χ2v) is 2.15. The van der Waals surface area contributed by atoms with Gasteiger partial charge in [0, 0.05) is 6.92 Å². The van der Waals surface area contributed by atoms with Crippen molar-refractivity contribution in [3.8, 4) is 0 Å². The number of hydrogen-bond donors (Lipinski definition) is 2. The first-order valence-corrected chi connectivity index (χ1v) is 2.92. The van der Waals surface area contributed by atoms with E-state index < -0.39 is 11.9 Å². The Kier molecular flexibility index (Phi) is 8.01. The van der Waals surface area contributed by atoms with Gasteiger partial charge in [0.25, 0.3) is 5.97 Å². The van der Waals surface area contributed by atoms with Gasteiger partial charge in [-0.15, -0.1) is 0 Å². The molecule has 0 aliphatic heterocycles. The van der Waals surface area contributed by atoms with E-state index in [2.05, 4.69) is 0 Å². The van der Waals surface area contributed by atoms with Crippen LogP contribution in [0.1, 0.15) is 6.92 Å². The minimum atomic E-state index is -0.833. The summed E-state index contributed by atoms with van der Waals surface area (Å²) >= 11 is 0. The summed E-state index contributed by atoms with van der Waals surface area (Å²) in [7, 11) is 3.43. The molecule has 0 amide bonds. The normalized spacial score (nSPS) is 8.36. The second kappa shape index (κ2) is 7.01. The number of rotatable bonds is 2. The van der Waals surface area contributed by atoms with E-state index in [-0.39, 0.29) is 6.54 Å². The highest BCUT2D eigenvalue weighted by atomic mass is 16.4. The SMILES string of the molecule is CC(=O)O.CN(C)CC(=O)O. The second-order valence-electron chi connectivity index (χ2n) is 2.15. The topological polar surface area (TPSA) is 77.8 Å². The summed E-state index contributed by atoms with van der Waals surface area (Å²) in [6.45, 7) is 1.19. The minimum Gasteiger partial charge on any atom is -0.481 e. The Balaban J connectivity index is 0. The van der Waals surface area contributed by atoms with Crippen LogP contribution in [0.2, 0.25) is 0 Å². The first-order chi connectivity index (χ1) is 4.86. The van der Waals surface area contributed by atoms with Crippen molar-refractivity contribution < 1.29 is 19.8 Å². The molecule has 0 saturated carbocycles. The maximum Gasteiger partial charge on any atom is 0.317 e. The molecule has 5 nitrogen and oxygen atoms in total. The molecule has 5 heteroatoms. The number of likely N-dealkylation sites (N-methyl/N-ethyl adjacent to an activating group) is 1. The van der Waals surface area contributed by atoms with E-state index >= 15 is 0 Å². The van der Waals surface area contributed by atoms with E-state index in [9.17, 15) is 4.79 Å². The Morgan fingerprint density at radius 2 is 1.55 bits per heavy atom. The summed E-state index contributed by atoms with van der Waals surface area (Å²) in [5.74, 6) is -1.62. The molecule has 0 aromatic carbocycles. The van der Waals surface area contributed by atoms with Crippen molar-refractivity contribution in [2.45, 2.75) is 6.92 Å². The molecular formula is C6H13NO4. The van der Waals surface area contributed by atoms with Gasteiger partial charge in [-0.05, 0) is 14.1 Å². The molecule has 11 heavy (non-hydrogen) atoms. The van der Waals surface area contributed by atoms with Gasteiger partial charge in [-0.3, -0.25) is 14.5 Å². The fourth-order valence-electron chi connectivity index (χ4n) is 0.271. The quantitative estimate of drug-likeness (QED) is 0.585. The highest BCUT2D eigenvalue weighted by Crippen LogP contribution is 1.69. The summed E-state index contributed by atoms with van der Waals surface area (Å²) < 4.78 is 0. The summed E-state index contributed by atoms with van der Waals surface area (Å²) in [5.41, 5.74) is 0. The van der Waals surface area contributed by atoms with Gasteiger partial charge in [0.05, 0.1) is 6.54 Å². The third-order valence-corrected chi connectivity index (χ3v) is 0.451. The molecule has 0 rings (SSSR count). The fraction of sp³-hybridized carbons (Fsp3) is 0.667. The molecule has 0 fully saturated rings. The van der Waals surface area contributed by atoms with E-state index in [4.69, 9.17) is 15.0 Å². The zero-order chi connectivity index (χ0) is 9.44. The number of carboxylic acids is 2. The Labute approximate surface area is 65.2 Å². The van der Waals surface area contributed by atoms with Crippen LogP contribution in [0.5, 0.6) is 0 Å². The van der Waals surface area contributed by atoms with Crippen molar-refractivity contribution in [2.24, 2.45) is 0 Å². The van der Waals surface area contributed by atoms with Crippen LogP contribution in [0.3, 0.4) is 0 Å². The van der Waals surface area contributed by atoms with Crippen LogP contribution in [-0.2, 0) is 9.59 Å². The minimum absolute atomic E-state index is 0.111. The number of aliphatic carboxylic acids is 2. The Bertz CT molecular complexity index is 129. The van der Waals surface area contributed by atoms with Gasteiger partial charge in [0.1, 0.15) is 0 Å². The summed E-state index contributed by atoms with van der Waals surface area (Å²) in [6, 6.07) is 0. The smallest absolute Gasteiger partial charge is 0.317 e. The van der Waals surface area contributed by atoms with Gasteiger partial charge in [0.15, 0.2) is 0 Å². The first-order valence-electron chi connectivity index (χ1n) is 2.92. The van der Waals surface area contributed by atoms with Gasteiger partial charge < -0.3 is 10.2 Å². The van der Waals surface area contributed by atoms with E-state index in [1.165, 1.54) is 0 Å². The van der Waals surface area contributed by atoms with E-state index in [1.54, 1.807) is 19.0 Å². The third kappa shape index (κ3) is 50.4. The molecule has 0 bridgehead atoms. The lowest BCUT2D eigenvalue weighted by Crippen LogP contribution is -2.20. The molecule has 0 radical (unpaired) electrons. The fourth-order valence-corrected chi connectivity index (χ4v) is 0.271. The molecule has 0 aromatic heterocycles. The van der Waals surface area contributed by atoms with Crippen molar-refractivity contribution in [2.75, 3.05) is 20.6 Å². The van der Waals surface area contributed by atoms with E-state index in [0.29, 0.717) is 0 Å². The predicted octanol–water partition coefficient (Wildman–Crippen LogP) is -0.277. The zero-order valence-electron chi connectivity index (χ0n) is 6.87. The number of carboxylic acid groups (broad SMARTS) is 2. The van der Waals surface area contributed by atoms with Crippen LogP contribution in [0, 0.1) is 0 Å². The van der Waals surface area contributed by atoms with Crippen LogP contribution < -0.4 is 0 Å². The van der Waals surface area contributed by atoms with Gasteiger partial charge in [0.2, 0.25) is 0 Å². The summed E-state index contributed by atoms with van der Waals surface area (Å²) in [4.78, 5) is 20.4. The van der Waals surface area contributed by atoms with Crippen molar-refractivity contribution >= 4 is 11.9 Å². The summed E-state index contributed by atoms with van der Waals surface area (Å²) in [5, 5.41) is 15.5. The van der Waals surface area contributed by atoms with E-state index in [0.717, 1.165) is 6.92 Å². The molecule has 0 unspecified atom stereocenters. The summed E-state index contributed by atoms with van der Waals surface area (Å²) in [6.07, 6.45) is 0. The zero-order valence-corrected chi connectivity index (χ0v) is 6.87. The molecule has 0 spiro atoms. The van der Waals surface area contributed by atoms with Crippen LogP contribution in [0.25, 0.3) is 0 Å². The van der Waals surface area contributed by atoms with Gasteiger partial charge >= 0.3 is 5.97 Å². The predicted molar refractivity (Wildman–Crippen MR) is 39.5 cm³/mol. The van der Waals surface area contributed by atoms with Gasteiger partial charge in [-0.25, -0.2) is 0 Å². The van der Waals surface area contributed by atoms with Gasteiger partial charge in [-0.2, -0.15) is 0 Å². The molecule has 0 aliphatic carbocycles. The van der Waals surface area contributed by atoms with Crippen LogP contribution in [0.15, 0.2) is 0 Å². The Hall–Kier alpha value is -1.10. The standard InChI is InChI=1S/C4H9NO2.C2H4O2/c1-5(2)3-4(6)7;1-2(3)4/h3H2,1-2H3,(H,6,7);1H3,(H,3,4). The Morgan fingerprint density at radius 3 is 1.55 bits per heavy atom. The maximum absolute atomic E-state index is 9.77. The largest absolute Gasteiger partial charge is 0.481 e. The molecule has 0 aromatic rings. The lowest BCUT2D eigenvalue weighted by molar-refractivity contribution is -0.137. The molecule has 2 N–H and O–H groups in total. The lowest BCUT2D eigenvalue weighted by atomic mass is 10.6. The molecule has 0 atom stereocenters. The maximum atomic E-state index is 9.77. The molecule has 0 saturated heterocycles. The average Bonchev–Trinajstić information content (AvgIpc) is 1.56. The number of nitrogens with zero attached hydrogens (tertiary/aromatic N) is 1. The van der Waals surface area contributed by atoms with Gasteiger partial charge in [-0.1, -0.05) is 0 Å². The molecular weight excluding hydrogens is 150 g/mol. The lowest BCUT2D eigenvalue weighted by Gasteiger charge is -2.01. The van der Waals surface area contributed by atoms with Crippen molar-refractivity contribution in [1.29, 1.82) is 0 Å². The monoisotopic (exact) mass is 163 g/mol. The van der Waals surface area contributed by atoms with Crippen molar-refractivity contribution in [3.63, 3.8) is 0 Å². The highest BCUT2D eigenvalue weighted by molar-refractivity contribution is 5.68. The average molecular weight is 163 g/mol.